The summed E-state index contributed by atoms with van der Waals surface area (Å²) in [6.07, 6.45) is 24.8. The number of halogens is 1. The first-order valence-corrected chi connectivity index (χ1v) is 32.8. The van der Waals surface area contributed by atoms with Crippen molar-refractivity contribution >= 4 is 83.0 Å². The van der Waals surface area contributed by atoms with Gasteiger partial charge in [0.05, 0.1) is 31.3 Å². The number of carbonyl (C=O) groups excluding carboxylic acids is 2. The van der Waals surface area contributed by atoms with E-state index in [1.807, 2.05) is 60.4 Å². The van der Waals surface area contributed by atoms with Crippen LogP contribution >= 0.6 is 15.9 Å². The van der Waals surface area contributed by atoms with Gasteiger partial charge >= 0.3 is 124 Å². The molecule has 8 rings (SSSR count). The molecule has 14 heteroatoms. The number of aryl methyl sites for hydroxylation is 2. The van der Waals surface area contributed by atoms with E-state index < -0.39 is 18.4 Å². The minimum absolute atomic E-state index is 0.00143. The van der Waals surface area contributed by atoms with E-state index in [4.69, 9.17) is 0 Å². The van der Waals surface area contributed by atoms with Gasteiger partial charge in [0.1, 0.15) is 11.6 Å². The third-order valence-corrected chi connectivity index (χ3v) is 29.3. The number of aromatic nitrogens is 6. The summed E-state index contributed by atoms with van der Waals surface area (Å²) in [5.74, 6) is 1.23. The smallest absolute Gasteiger partial charge is 0.239 e. The number of nitrogens with zero attached hydrogens (tertiary/aromatic N) is 8. The van der Waals surface area contributed by atoms with E-state index in [-0.39, 0.29) is 11.8 Å². The van der Waals surface area contributed by atoms with Crippen LogP contribution in [0.1, 0.15) is 97.8 Å². The Balaban J connectivity index is 0.000000166. The molecule has 6 aromatic rings. The van der Waals surface area contributed by atoms with Crippen molar-refractivity contribution in [1.29, 1.82) is 0 Å². The number of anilines is 2. The number of fused-ring (bicyclic) bond motifs is 2. The number of benzene rings is 2. The molecule has 0 bridgehead atoms. The maximum Gasteiger partial charge on any atom is 0.239 e. The summed E-state index contributed by atoms with van der Waals surface area (Å²) in [5, 5.41) is 14.5. The van der Waals surface area contributed by atoms with Crippen LogP contribution in [0.2, 0.25) is 13.3 Å². The number of rotatable bonds is 17. The molecule has 0 radical (unpaired) electrons. The number of hydrogen-bond donors (Lipinski definition) is 2. The predicted molar refractivity (Wildman–Crippen MR) is 279 cm³/mol. The first-order valence-electron chi connectivity index (χ1n) is 24.5. The quantitative estimate of drug-likeness (QED) is 0.0865. The van der Waals surface area contributed by atoms with Crippen LogP contribution in [0, 0.1) is 0 Å². The molecule has 4 aromatic heterocycles. The molecule has 2 amide bonds. The summed E-state index contributed by atoms with van der Waals surface area (Å²) in [6, 6.07) is 18.4. The molecule has 0 saturated carbocycles. The van der Waals surface area contributed by atoms with Gasteiger partial charge in [-0.1, -0.05) is 47.0 Å². The van der Waals surface area contributed by atoms with Crippen molar-refractivity contribution in [2.24, 2.45) is 14.1 Å². The second kappa shape index (κ2) is 26.4. The summed E-state index contributed by atoms with van der Waals surface area (Å²) in [7, 11) is 4.14. The fourth-order valence-corrected chi connectivity index (χ4v) is 26.3. The number of carbonyl (C=O) groups is 2. The molecule has 2 fully saturated rings. The average Bonchev–Trinajstić information content (AvgIpc) is 3.97. The maximum absolute atomic E-state index is 12.3. The number of pyridine rings is 2. The molecule has 2 saturated heterocycles. The zero-order valence-corrected chi connectivity index (χ0v) is 44.6. The Kier molecular flexibility index (Phi) is 20.5. The number of likely N-dealkylation sites (tertiary alicyclic amines) is 2. The van der Waals surface area contributed by atoms with E-state index in [1.54, 1.807) is 22.4 Å². The van der Waals surface area contributed by atoms with Crippen molar-refractivity contribution in [2.75, 3.05) is 49.9 Å². The van der Waals surface area contributed by atoms with Gasteiger partial charge in [-0.05, 0) is 93.0 Å². The molecule has 2 N–H and O–H groups in total. The number of nitrogens with one attached hydrogen (secondary N) is 2. The van der Waals surface area contributed by atoms with E-state index in [0.29, 0.717) is 24.7 Å². The topological polar surface area (TPSA) is 126 Å². The number of hydrogen-bond acceptors (Lipinski definition) is 8. The van der Waals surface area contributed by atoms with E-state index in [2.05, 4.69) is 107 Å². The Morgan fingerprint density at radius 3 is 1.62 bits per heavy atom. The Bertz CT molecular complexity index is 2420. The zero-order chi connectivity index (χ0) is 46.7. The van der Waals surface area contributed by atoms with Crippen LogP contribution < -0.4 is 14.3 Å². The van der Waals surface area contributed by atoms with E-state index >= 15 is 0 Å². The van der Waals surface area contributed by atoms with E-state index in [0.717, 1.165) is 63.5 Å². The van der Waals surface area contributed by atoms with Gasteiger partial charge in [-0.2, -0.15) is 0 Å². The van der Waals surface area contributed by atoms with Crippen molar-refractivity contribution in [2.45, 2.75) is 111 Å². The van der Waals surface area contributed by atoms with Crippen LogP contribution in [-0.4, -0.2) is 109 Å². The summed E-state index contributed by atoms with van der Waals surface area (Å²) in [4.78, 5) is 41.7. The van der Waals surface area contributed by atoms with Crippen molar-refractivity contribution in [3.8, 4) is 11.3 Å². The Hall–Kier alpha value is -4.18. The third-order valence-electron chi connectivity index (χ3n) is 13.1. The second-order valence-electron chi connectivity index (χ2n) is 18.3. The first-order chi connectivity index (χ1) is 32.1. The molecule has 2 aromatic carbocycles. The number of piperidine rings is 2. The second-order valence-corrected chi connectivity index (χ2v) is 32.3. The van der Waals surface area contributed by atoms with Crippen LogP contribution in [0.4, 0.5) is 11.6 Å². The molecular weight excluding hydrogens is 995 g/mol. The molecule has 0 unspecified atom stereocenters. The Labute approximate surface area is 405 Å². The monoisotopic (exact) mass is 1070 g/mol. The Morgan fingerprint density at radius 1 is 0.636 bits per heavy atom. The zero-order valence-electron chi connectivity index (χ0n) is 40.2. The fourth-order valence-electron chi connectivity index (χ4n) is 9.39. The van der Waals surface area contributed by atoms with Gasteiger partial charge in [0.25, 0.3) is 0 Å². The van der Waals surface area contributed by atoms with Gasteiger partial charge < -0.3 is 15.2 Å². The molecule has 0 spiro atoms. The number of amides is 2. The standard InChI is InChI=1S/C20H23N5O.C16H18BrN3O.C4H5N2.3C4H9.Sn/c1-24-14-21-12-18(24)15-5-6-16-11-22-19(10-17(16)9-15)23-20(26)13-25-7-3-2-4-8-25;17-14-5-4-12-10-18-15(9-13(12)8-14)19-16(21)11-20-6-2-1-3-7-20;1-6-4-2-3-5-6;3*1-3-4-2;/h5-6,9-12,14H,2-4,7-8,13H2,1H3,(H,22,23,26);4-5,8-10H,1-3,6-7,11H2,(H,18,19,21);2-3H,1H3;3*1,3-4H2,2H3;. The van der Waals surface area contributed by atoms with Crippen molar-refractivity contribution in [3.05, 3.63) is 90.2 Å². The van der Waals surface area contributed by atoms with E-state index in [1.165, 1.54) is 90.4 Å². The van der Waals surface area contributed by atoms with Crippen LogP contribution in [-0.2, 0) is 23.7 Å². The summed E-state index contributed by atoms with van der Waals surface area (Å²) < 4.78 is 11.5. The molecule has 12 nitrogen and oxygen atoms in total. The number of imidazole rings is 1. The molecule has 0 aliphatic carbocycles. The summed E-state index contributed by atoms with van der Waals surface area (Å²) >= 11 is 1.27. The van der Waals surface area contributed by atoms with Gasteiger partial charge in [-0.15, -0.1) is 0 Å². The van der Waals surface area contributed by atoms with Gasteiger partial charge in [0.15, 0.2) is 0 Å². The molecule has 6 heterocycles. The van der Waals surface area contributed by atoms with Crippen molar-refractivity contribution in [3.63, 3.8) is 0 Å². The molecular formula is C52H73BrN10O2Sn. The molecule has 2 aliphatic heterocycles. The first kappa shape index (κ1) is 51.2. The largest absolute Gasteiger partial charge is 0.334 e. The molecule has 354 valence electrons. The predicted octanol–water partition coefficient (Wildman–Crippen LogP) is 11.0. The van der Waals surface area contributed by atoms with E-state index in [9.17, 15) is 9.59 Å². The minimum Gasteiger partial charge on any atom is -0.334 e. The van der Waals surface area contributed by atoms with Gasteiger partial charge in [0.2, 0.25) is 11.8 Å². The van der Waals surface area contributed by atoms with Crippen LogP contribution in [0.5, 0.6) is 0 Å². The summed E-state index contributed by atoms with van der Waals surface area (Å²) in [5.41, 5.74) is 2.15. The minimum atomic E-state index is -2.19. The summed E-state index contributed by atoms with van der Waals surface area (Å²) in [6.45, 7) is 11.9. The van der Waals surface area contributed by atoms with Crippen molar-refractivity contribution in [1.82, 2.24) is 39.1 Å². The van der Waals surface area contributed by atoms with Gasteiger partial charge in [0, 0.05) is 40.2 Å². The molecule has 2 aliphatic rings. The third kappa shape index (κ3) is 15.2. The SMILES string of the molecule is CCC[CH2][Sn]([CH2]CCC)([CH2]CCC)[c]1ccnn1C.Cn1cncc1-c1ccc2cnc(NC(=O)CN3CCCCC3)cc2c1.O=C(CN1CCCCC1)Nc1cc2cc(Br)ccc2cn1. The number of unbranched alkanes of at least 4 members (excludes halogenated alkanes) is 3. The van der Waals surface area contributed by atoms with Crippen LogP contribution in [0.3, 0.4) is 0 Å². The Morgan fingerprint density at radius 2 is 1.15 bits per heavy atom. The normalized spacial score (nSPS) is 14.6. The molecule has 0 atom stereocenters. The van der Waals surface area contributed by atoms with Gasteiger partial charge in [-0.3, -0.25) is 19.4 Å². The fraction of sp³-hybridized carbons (Fsp3) is 0.500. The maximum atomic E-state index is 12.3. The molecule has 66 heavy (non-hydrogen) atoms. The average molecular weight is 1070 g/mol. The van der Waals surface area contributed by atoms with Crippen LogP contribution in [0.15, 0.2) is 90.2 Å². The van der Waals surface area contributed by atoms with Crippen LogP contribution in [0.25, 0.3) is 32.8 Å². The van der Waals surface area contributed by atoms with Gasteiger partial charge in [-0.25, -0.2) is 15.0 Å². The van der Waals surface area contributed by atoms with Crippen molar-refractivity contribution < 1.29 is 9.59 Å².